The Morgan fingerprint density at radius 2 is 2.16 bits per heavy atom. The van der Waals surface area contributed by atoms with Gasteiger partial charge >= 0.3 is 12.0 Å². The van der Waals surface area contributed by atoms with Gasteiger partial charge in [-0.3, -0.25) is 10.6 Å². The van der Waals surface area contributed by atoms with Gasteiger partial charge in [0.1, 0.15) is 12.8 Å². The number of hydrogen-bond donors (Lipinski definition) is 3. The maximum atomic E-state index is 12.3. The summed E-state index contributed by atoms with van der Waals surface area (Å²) in [5.41, 5.74) is 5.07. The van der Waals surface area contributed by atoms with E-state index in [9.17, 15) is 9.59 Å². The van der Waals surface area contributed by atoms with Gasteiger partial charge < -0.3 is 19.9 Å². The van der Waals surface area contributed by atoms with Crippen LogP contribution in [0.1, 0.15) is 18.4 Å². The first-order valence-corrected chi connectivity index (χ1v) is 8.08. The highest BCUT2D eigenvalue weighted by atomic mass is 16.5. The molecule has 1 unspecified atom stereocenters. The van der Waals surface area contributed by atoms with Gasteiger partial charge in [0, 0.05) is 6.20 Å². The molecule has 4 N–H and O–H groups in total. The second-order valence-electron chi connectivity index (χ2n) is 6.06. The number of carbonyl (C=O) groups excluding carboxylic acids is 2. The highest BCUT2D eigenvalue weighted by Gasteiger charge is 2.42. The monoisotopic (exact) mass is 347 g/mol. The van der Waals surface area contributed by atoms with E-state index in [1.165, 1.54) is 17.2 Å². The van der Waals surface area contributed by atoms with Crippen LogP contribution in [0.3, 0.4) is 0 Å². The molecule has 0 aliphatic carbocycles. The molecule has 3 rings (SSSR count). The summed E-state index contributed by atoms with van der Waals surface area (Å²) in [4.78, 5) is 25.9. The molecule has 2 amide bonds. The average Bonchev–Trinajstić information content (AvgIpc) is 3.09. The lowest BCUT2D eigenvalue weighted by molar-refractivity contribution is -0.150. The van der Waals surface area contributed by atoms with Crippen molar-refractivity contribution in [1.29, 1.82) is 0 Å². The zero-order chi connectivity index (χ0) is 17.9. The zero-order valence-electron chi connectivity index (χ0n) is 13.6. The molecule has 1 aromatic carbocycles. The van der Waals surface area contributed by atoms with Gasteiger partial charge in [0.25, 0.3) is 0 Å². The summed E-state index contributed by atoms with van der Waals surface area (Å²) in [5, 5.41) is 11.6. The van der Waals surface area contributed by atoms with Crippen LogP contribution in [0.25, 0.3) is 0 Å². The third-order valence-electron chi connectivity index (χ3n) is 4.20. The van der Waals surface area contributed by atoms with Gasteiger partial charge in [0.05, 0.1) is 12.7 Å². The van der Waals surface area contributed by atoms with Crippen LogP contribution in [0.2, 0.25) is 0 Å². The van der Waals surface area contributed by atoms with E-state index < -0.39 is 23.9 Å². The molecular weight excluding hydrogens is 326 g/mol. The minimum absolute atomic E-state index is 0.0654. The molecule has 3 atom stereocenters. The van der Waals surface area contributed by atoms with Crippen molar-refractivity contribution in [1.82, 2.24) is 10.2 Å². The van der Waals surface area contributed by atoms with E-state index in [1.807, 2.05) is 30.3 Å². The summed E-state index contributed by atoms with van der Waals surface area (Å²) in [6.07, 6.45) is 3.28. The number of hydrogen-bond acceptors (Lipinski definition) is 6. The first-order chi connectivity index (χ1) is 12.0. The summed E-state index contributed by atoms with van der Waals surface area (Å²) >= 11 is 0. The number of aliphatic hydroxyl groups excluding tert-OH is 1. The molecule has 2 aliphatic heterocycles. The Kier molecular flexibility index (Phi) is 5.03. The topological polar surface area (TPSA) is 114 Å². The number of ether oxygens (including phenoxy) is 2. The molecule has 2 heterocycles. The van der Waals surface area contributed by atoms with Crippen molar-refractivity contribution in [2.24, 2.45) is 5.73 Å². The largest absolute Gasteiger partial charge is 0.458 e. The smallest absolute Gasteiger partial charge is 0.351 e. The molecule has 0 bridgehead atoms. The number of aliphatic hydroxyl groups is 1. The maximum absolute atomic E-state index is 12.3. The summed E-state index contributed by atoms with van der Waals surface area (Å²) in [6, 6.07) is 8.63. The molecule has 8 nitrogen and oxygen atoms in total. The number of benzene rings is 1. The molecule has 1 aromatic rings. The van der Waals surface area contributed by atoms with Crippen molar-refractivity contribution in [3.05, 3.63) is 48.2 Å². The van der Waals surface area contributed by atoms with Gasteiger partial charge in [-0.2, -0.15) is 0 Å². The Bertz CT molecular complexity index is 666. The van der Waals surface area contributed by atoms with Crippen molar-refractivity contribution in [2.45, 2.75) is 37.4 Å². The van der Waals surface area contributed by atoms with Crippen LogP contribution in [0.4, 0.5) is 4.79 Å². The van der Waals surface area contributed by atoms with E-state index in [1.54, 1.807) is 0 Å². The Morgan fingerprint density at radius 3 is 2.80 bits per heavy atom. The van der Waals surface area contributed by atoms with E-state index in [-0.39, 0.29) is 19.3 Å². The standard InChI is InChI=1S/C17H21N3O5/c18-17(15(22)24-11-12-4-2-1-3-5-12)8-9-20(16(23)19-17)14-7-6-13(10-21)25-14/h1-5,8-9,13-14,21H,6-7,10-11,18H2,(H,19,23)/t13-,14+,17?/m0/s1. The number of nitrogens with two attached hydrogens (primary N) is 1. The van der Waals surface area contributed by atoms with Gasteiger partial charge in [-0.25, -0.2) is 9.59 Å². The fourth-order valence-electron chi connectivity index (χ4n) is 2.76. The molecule has 1 fully saturated rings. The van der Waals surface area contributed by atoms with E-state index >= 15 is 0 Å². The molecular formula is C17H21N3O5. The minimum Gasteiger partial charge on any atom is -0.458 e. The second-order valence-corrected chi connectivity index (χ2v) is 6.06. The van der Waals surface area contributed by atoms with Crippen molar-refractivity contribution < 1.29 is 24.2 Å². The average molecular weight is 347 g/mol. The third-order valence-corrected chi connectivity index (χ3v) is 4.20. The molecule has 134 valence electrons. The van der Waals surface area contributed by atoms with Gasteiger partial charge in [-0.15, -0.1) is 0 Å². The number of amides is 2. The van der Waals surface area contributed by atoms with Gasteiger partial charge in [-0.05, 0) is 24.5 Å². The number of nitrogens with zero attached hydrogens (tertiary/aromatic N) is 1. The van der Waals surface area contributed by atoms with Gasteiger partial charge in [0.2, 0.25) is 5.66 Å². The lowest BCUT2D eigenvalue weighted by atomic mass is 10.1. The first-order valence-electron chi connectivity index (χ1n) is 8.08. The number of nitrogens with one attached hydrogen (secondary N) is 1. The number of carbonyl (C=O) groups is 2. The number of rotatable bonds is 5. The molecule has 0 radical (unpaired) electrons. The van der Waals surface area contributed by atoms with Crippen LogP contribution in [-0.2, 0) is 20.9 Å². The summed E-state index contributed by atoms with van der Waals surface area (Å²) < 4.78 is 10.8. The molecule has 0 aromatic heterocycles. The van der Waals surface area contributed by atoms with Crippen LogP contribution < -0.4 is 11.1 Å². The van der Waals surface area contributed by atoms with E-state index in [0.29, 0.717) is 12.8 Å². The van der Waals surface area contributed by atoms with Crippen LogP contribution in [0.15, 0.2) is 42.6 Å². The van der Waals surface area contributed by atoms with Gasteiger partial charge in [0.15, 0.2) is 0 Å². The quantitative estimate of drug-likeness (QED) is 0.665. The van der Waals surface area contributed by atoms with Crippen molar-refractivity contribution in [2.75, 3.05) is 6.61 Å². The summed E-state index contributed by atoms with van der Waals surface area (Å²) in [7, 11) is 0. The lowest BCUT2D eigenvalue weighted by Gasteiger charge is -2.35. The lowest BCUT2D eigenvalue weighted by Crippen LogP contribution is -2.66. The van der Waals surface area contributed by atoms with Crippen molar-refractivity contribution in [3.63, 3.8) is 0 Å². The van der Waals surface area contributed by atoms with Gasteiger partial charge in [-0.1, -0.05) is 30.3 Å². The number of esters is 1. The van der Waals surface area contributed by atoms with E-state index in [0.717, 1.165) is 5.56 Å². The molecule has 1 saturated heterocycles. The third kappa shape index (κ3) is 3.81. The summed E-state index contributed by atoms with van der Waals surface area (Å²) in [5.74, 6) is -0.749. The van der Waals surface area contributed by atoms with Crippen molar-refractivity contribution >= 4 is 12.0 Å². The fraction of sp³-hybridized carbons (Fsp3) is 0.412. The molecule has 25 heavy (non-hydrogen) atoms. The SMILES string of the molecule is NC1(C(=O)OCc2ccccc2)C=CN([C@H]2CC[C@@H](CO)O2)C(=O)N1. The highest BCUT2D eigenvalue weighted by molar-refractivity contribution is 5.90. The van der Waals surface area contributed by atoms with Crippen LogP contribution >= 0.6 is 0 Å². The maximum Gasteiger partial charge on any atom is 0.351 e. The number of urea groups is 1. The Hall–Kier alpha value is -2.42. The minimum atomic E-state index is -1.72. The van der Waals surface area contributed by atoms with Crippen LogP contribution in [0, 0.1) is 0 Å². The Morgan fingerprint density at radius 1 is 1.40 bits per heavy atom. The first kappa shape index (κ1) is 17.4. The van der Waals surface area contributed by atoms with Crippen LogP contribution in [0.5, 0.6) is 0 Å². The van der Waals surface area contributed by atoms with E-state index in [4.69, 9.17) is 20.3 Å². The van der Waals surface area contributed by atoms with Crippen LogP contribution in [-0.4, -0.2) is 46.6 Å². The highest BCUT2D eigenvalue weighted by Crippen LogP contribution is 2.25. The molecule has 0 spiro atoms. The second kappa shape index (κ2) is 7.22. The Labute approximate surface area is 145 Å². The fourth-order valence-corrected chi connectivity index (χ4v) is 2.76. The summed E-state index contributed by atoms with van der Waals surface area (Å²) in [6.45, 7) is -0.0295. The molecule has 8 heteroatoms. The predicted octanol–water partition coefficient (Wildman–Crippen LogP) is 0.421. The molecule has 0 saturated carbocycles. The normalized spacial score (nSPS) is 28.7. The zero-order valence-corrected chi connectivity index (χ0v) is 13.6. The Balaban J connectivity index is 1.62. The van der Waals surface area contributed by atoms with E-state index in [2.05, 4.69) is 5.32 Å². The predicted molar refractivity (Wildman–Crippen MR) is 87.6 cm³/mol. The molecule has 2 aliphatic rings. The van der Waals surface area contributed by atoms with Crippen molar-refractivity contribution in [3.8, 4) is 0 Å².